The molecule has 2 aromatic rings. The quantitative estimate of drug-likeness (QED) is 0.820. The SMILES string of the molecule is CN=CC(=CN)c1cncc(N2CCC(O)(c3ccc(F)cc3)CC2)n1. The Morgan fingerprint density at radius 2 is 1.96 bits per heavy atom. The number of aliphatic hydroxyl groups is 1. The highest BCUT2D eigenvalue weighted by Crippen LogP contribution is 2.34. The van der Waals surface area contributed by atoms with Crippen LogP contribution < -0.4 is 10.6 Å². The van der Waals surface area contributed by atoms with Crippen molar-refractivity contribution in [1.29, 1.82) is 0 Å². The van der Waals surface area contributed by atoms with Crippen LogP contribution in [0, 0.1) is 5.82 Å². The van der Waals surface area contributed by atoms with E-state index in [1.54, 1.807) is 37.8 Å². The van der Waals surface area contributed by atoms with E-state index in [-0.39, 0.29) is 5.82 Å². The van der Waals surface area contributed by atoms with Gasteiger partial charge in [-0.05, 0) is 30.5 Å². The van der Waals surface area contributed by atoms with E-state index in [0.29, 0.717) is 37.2 Å². The molecule has 6 nitrogen and oxygen atoms in total. The van der Waals surface area contributed by atoms with Crippen LogP contribution in [0.25, 0.3) is 5.57 Å². The number of benzene rings is 1. The summed E-state index contributed by atoms with van der Waals surface area (Å²) in [4.78, 5) is 14.9. The van der Waals surface area contributed by atoms with Crippen LogP contribution in [0.15, 0.2) is 47.9 Å². The van der Waals surface area contributed by atoms with Gasteiger partial charge in [-0.25, -0.2) is 9.37 Å². The zero-order valence-electron chi connectivity index (χ0n) is 14.6. The summed E-state index contributed by atoms with van der Waals surface area (Å²) < 4.78 is 13.1. The lowest BCUT2D eigenvalue weighted by molar-refractivity contribution is 0.0116. The van der Waals surface area contributed by atoms with Gasteiger partial charge in [-0.15, -0.1) is 0 Å². The summed E-state index contributed by atoms with van der Waals surface area (Å²) in [6, 6.07) is 6.05. The Labute approximate surface area is 151 Å². The van der Waals surface area contributed by atoms with Crippen molar-refractivity contribution in [1.82, 2.24) is 9.97 Å². The number of anilines is 1. The van der Waals surface area contributed by atoms with Crippen LogP contribution in [0.1, 0.15) is 24.1 Å². The van der Waals surface area contributed by atoms with Crippen LogP contribution >= 0.6 is 0 Å². The highest BCUT2D eigenvalue weighted by atomic mass is 19.1. The normalized spacial score (nSPS) is 17.7. The second-order valence-electron chi connectivity index (χ2n) is 6.30. The van der Waals surface area contributed by atoms with Crippen LogP contribution in [0.3, 0.4) is 0 Å². The van der Waals surface area contributed by atoms with Gasteiger partial charge in [-0.3, -0.25) is 9.98 Å². The summed E-state index contributed by atoms with van der Waals surface area (Å²) in [7, 11) is 1.67. The van der Waals surface area contributed by atoms with Crippen molar-refractivity contribution in [3.05, 3.63) is 59.9 Å². The van der Waals surface area contributed by atoms with Gasteiger partial charge in [0, 0.05) is 38.1 Å². The molecule has 3 N–H and O–H groups in total. The molecule has 0 radical (unpaired) electrons. The molecule has 0 aliphatic carbocycles. The molecule has 0 amide bonds. The van der Waals surface area contributed by atoms with Crippen molar-refractivity contribution < 1.29 is 9.50 Å². The standard InChI is InChI=1S/C19H22FN5O/c1-22-11-14(10-21)17-12-23-13-18(24-17)25-8-6-19(26,7-9-25)15-2-4-16(20)5-3-15/h2-5,10-13,26H,6-9,21H2,1H3. The molecule has 0 unspecified atom stereocenters. The predicted molar refractivity (Wildman–Crippen MR) is 100 cm³/mol. The molecule has 0 saturated carbocycles. The van der Waals surface area contributed by atoms with E-state index in [2.05, 4.69) is 19.9 Å². The van der Waals surface area contributed by atoms with E-state index in [0.717, 1.165) is 11.4 Å². The molecule has 3 rings (SSSR count). The average Bonchev–Trinajstić information content (AvgIpc) is 2.67. The summed E-state index contributed by atoms with van der Waals surface area (Å²) >= 11 is 0. The van der Waals surface area contributed by atoms with Gasteiger partial charge in [0.1, 0.15) is 11.6 Å². The van der Waals surface area contributed by atoms with Gasteiger partial charge in [0.15, 0.2) is 0 Å². The first-order chi connectivity index (χ1) is 12.6. The lowest BCUT2D eigenvalue weighted by Crippen LogP contribution is -2.43. The monoisotopic (exact) mass is 355 g/mol. The first kappa shape index (κ1) is 18.0. The minimum Gasteiger partial charge on any atom is -0.404 e. The second kappa shape index (κ2) is 7.61. The number of hydrogen-bond acceptors (Lipinski definition) is 6. The fourth-order valence-electron chi connectivity index (χ4n) is 3.14. The minimum absolute atomic E-state index is 0.304. The Bertz CT molecular complexity index is 811. The molecule has 2 heterocycles. The van der Waals surface area contributed by atoms with Gasteiger partial charge >= 0.3 is 0 Å². The summed E-state index contributed by atoms with van der Waals surface area (Å²) in [5.41, 5.74) is 6.77. The van der Waals surface area contributed by atoms with Crippen molar-refractivity contribution >= 4 is 17.6 Å². The van der Waals surface area contributed by atoms with E-state index in [9.17, 15) is 9.50 Å². The van der Waals surface area contributed by atoms with Crippen molar-refractivity contribution in [2.24, 2.45) is 10.7 Å². The number of aliphatic imine (C=N–C) groups is 1. The molecule has 26 heavy (non-hydrogen) atoms. The number of nitrogens with zero attached hydrogens (tertiary/aromatic N) is 4. The van der Waals surface area contributed by atoms with Gasteiger partial charge < -0.3 is 15.7 Å². The third-order valence-electron chi connectivity index (χ3n) is 4.66. The minimum atomic E-state index is -0.952. The van der Waals surface area contributed by atoms with Crippen LogP contribution in [0.5, 0.6) is 0 Å². The third kappa shape index (κ3) is 3.72. The fourth-order valence-corrected chi connectivity index (χ4v) is 3.14. The maximum Gasteiger partial charge on any atom is 0.147 e. The van der Waals surface area contributed by atoms with E-state index >= 15 is 0 Å². The average molecular weight is 355 g/mol. The first-order valence-electron chi connectivity index (χ1n) is 8.45. The molecule has 1 aliphatic heterocycles. The molecule has 0 bridgehead atoms. The Morgan fingerprint density at radius 1 is 1.27 bits per heavy atom. The number of piperidine rings is 1. The van der Waals surface area contributed by atoms with Crippen molar-refractivity contribution in [2.45, 2.75) is 18.4 Å². The Morgan fingerprint density at radius 3 is 2.58 bits per heavy atom. The van der Waals surface area contributed by atoms with Crippen LogP contribution in [0.2, 0.25) is 0 Å². The van der Waals surface area contributed by atoms with Crippen LogP contribution in [-0.4, -0.2) is 41.4 Å². The number of aromatic nitrogens is 2. The molecular formula is C19H22FN5O. The summed E-state index contributed by atoms with van der Waals surface area (Å²) in [5, 5.41) is 10.9. The number of halogens is 1. The zero-order valence-corrected chi connectivity index (χ0v) is 14.6. The van der Waals surface area contributed by atoms with Crippen LogP contribution in [-0.2, 0) is 5.60 Å². The highest BCUT2D eigenvalue weighted by molar-refractivity contribution is 6.08. The van der Waals surface area contributed by atoms with E-state index in [1.807, 2.05) is 0 Å². The molecule has 1 fully saturated rings. The van der Waals surface area contributed by atoms with Crippen molar-refractivity contribution in [3.8, 4) is 0 Å². The lowest BCUT2D eigenvalue weighted by Gasteiger charge is -2.39. The Balaban J connectivity index is 1.75. The Hall–Kier alpha value is -2.80. The first-order valence-corrected chi connectivity index (χ1v) is 8.45. The molecule has 7 heteroatoms. The molecule has 1 aliphatic rings. The third-order valence-corrected chi connectivity index (χ3v) is 4.66. The lowest BCUT2D eigenvalue weighted by atomic mass is 9.84. The summed E-state index contributed by atoms with van der Waals surface area (Å²) in [6.45, 7) is 1.24. The topological polar surface area (TPSA) is 87.6 Å². The smallest absolute Gasteiger partial charge is 0.147 e. The van der Waals surface area contributed by atoms with E-state index in [1.165, 1.54) is 18.3 Å². The van der Waals surface area contributed by atoms with E-state index < -0.39 is 5.60 Å². The van der Waals surface area contributed by atoms with Crippen LogP contribution in [0.4, 0.5) is 10.2 Å². The molecule has 0 spiro atoms. The largest absolute Gasteiger partial charge is 0.404 e. The highest BCUT2D eigenvalue weighted by Gasteiger charge is 2.34. The maximum atomic E-state index is 13.1. The van der Waals surface area contributed by atoms with Gasteiger partial charge in [-0.1, -0.05) is 12.1 Å². The number of nitrogens with two attached hydrogens (primary N) is 1. The summed E-state index contributed by atoms with van der Waals surface area (Å²) in [5.74, 6) is 0.425. The second-order valence-corrected chi connectivity index (χ2v) is 6.30. The van der Waals surface area contributed by atoms with Gasteiger partial charge in [-0.2, -0.15) is 0 Å². The number of hydrogen-bond donors (Lipinski definition) is 2. The molecule has 0 atom stereocenters. The molecule has 136 valence electrons. The van der Waals surface area contributed by atoms with Crippen molar-refractivity contribution in [2.75, 3.05) is 25.0 Å². The number of allylic oxidation sites excluding steroid dienone is 1. The fraction of sp³-hybridized carbons (Fsp3) is 0.316. The summed E-state index contributed by atoms with van der Waals surface area (Å²) in [6.07, 6.45) is 7.48. The maximum absolute atomic E-state index is 13.1. The number of rotatable bonds is 4. The van der Waals surface area contributed by atoms with Gasteiger partial charge in [0.25, 0.3) is 0 Å². The molecule has 1 saturated heterocycles. The predicted octanol–water partition coefficient (Wildman–Crippen LogP) is 2.10. The Kier molecular flexibility index (Phi) is 5.27. The molecule has 1 aromatic carbocycles. The molecule has 1 aromatic heterocycles. The molecular weight excluding hydrogens is 333 g/mol. The van der Waals surface area contributed by atoms with Crippen molar-refractivity contribution in [3.63, 3.8) is 0 Å². The van der Waals surface area contributed by atoms with E-state index in [4.69, 9.17) is 5.73 Å². The van der Waals surface area contributed by atoms with Gasteiger partial charge in [0.2, 0.25) is 0 Å². The van der Waals surface area contributed by atoms with Gasteiger partial charge in [0.05, 0.1) is 23.7 Å². The zero-order chi connectivity index (χ0) is 18.6.